The molecular weight excluding hydrogens is 196 g/mol. The zero-order valence-electron chi connectivity index (χ0n) is 11.7. The summed E-state index contributed by atoms with van der Waals surface area (Å²) in [6.07, 6.45) is 7.84. The van der Waals surface area contributed by atoms with E-state index in [1.807, 2.05) is 0 Å². The minimum absolute atomic E-state index is 0.594. The normalized spacial score (nSPS) is 12.0. The lowest BCUT2D eigenvalue weighted by atomic mass is 10.1. The molecule has 0 amide bonds. The first-order chi connectivity index (χ1) is 7.74. The van der Waals surface area contributed by atoms with Gasteiger partial charge in [-0.15, -0.1) is 0 Å². The monoisotopic (exact) mass is 228 g/mol. The summed E-state index contributed by atoms with van der Waals surface area (Å²) in [5.41, 5.74) is 7.55. The van der Waals surface area contributed by atoms with Crippen LogP contribution < -0.4 is 5.73 Å². The van der Waals surface area contributed by atoms with Crippen LogP contribution in [0.4, 0.5) is 0 Å². The number of nitrogens with zero attached hydrogens (tertiary/aromatic N) is 1. The van der Waals surface area contributed by atoms with E-state index in [4.69, 9.17) is 5.73 Å². The highest BCUT2D eigenvalue weighted by atomic mass is 15.3. The van der Waals surface area contributed by atoms with E-state index in [-0.39, 0.29) is 0 Å². The predicted molar refractivity (Wildman–Crippen MR) is 72.4 cm³/mol. The van der Waals surface area contributed by atoms with Crippen LogP contribution in [0.15, 0.2) is 0 Å². The summed E-state index contributed by atoms with van der Waals surface area (Å²) in [5, 5.41) is 0. The third kappa shape index (κ3) is 6.49. The predicted octanol–water partition coefficient (Wildman–Crippen LogP) is 3.49. The van der Waals surface area contributed by atoms with Crippen molar-refractivity contribution in [1.29, 1.82) is 0 Å². The number of quaternary nitrogens is 1. The molecule has 1 N–H and O–H groups in total. The molecule has 97 valence electrons. The van der Waals surface area contributed by atoms with E-state index in [0.29, 0.717) is 6.54 Å². The van der Waals surface area contributed by atoms with Gasteiger partial charge in [0.2, 0.25) is 0 Å². The van der Waals surface area contributed by atoms with Gasteiger partial charge in [-0.05, 0) is 19.3 Å². The standard InChI is InChI=1S/C14H32N2/c1-4-7-11-16(14-10-15,12-8-5-2)13-9-6-3/h15H,4-14H2,1-3H3/q+1. The first-order valence-electron chi connectivity index (χ1n) is 7.24. The molecule has 1 radical (unpaired) electrons. The highest BCUT2D eigenvalue weighted by Crippen LogP contribution is 2.14. The lowest BCUT2D eigenvalue weighted by molar-refractivity contribution is -0.927. The Bertz CT molecular complexity index is 124. The average Bonchev–Trinajstić information content (AvgIpc) is 2.31. The van der Waals surface area contributed by atoms with Gasteiger partial charge in [-0.2, -0.15) is 0 Å². The molecule has 0 bridgehead atoms. The van der Waals surface area contributed by atoms with E-state index in [1.54, 1.807) is 0 Å². The van der Waals surface area contributed by atoms with Gasteiger partial charge in [0, 0.05) is 0 Å². The second-order valence-electron chi connectivity index (χ2n) is 5.05. The Hall–Kier alpha value is -0.0800. The van der Waals surface area contributed by atoms with Gasteiger partial charge in [0.1, 0.15) is 0 Å². The number of rotatable bonds is 11. The van der Waals surface area contributed by atoms with E-state index in [0.717, 1.165) is 6.54 Å². The van der Waals surface area contributed by atoms with E-state index in [9.17, 15) is 0 Å². The summed E-state index contributed by atoms with van der Waals surface area (Å²) >= 11 is 0. The van der Waals surface area contributed by atoms with E-state index < -0.39 is 0 Å². The smallest absolute Gasteiger partial charge is 0.0927 e. The number of unbranched alkanes of at least 4 members (excludes halogenated alkanes) is 3. The minimum atomic E-state index is 0.594. The van der Waals surface area contributed by atoms with Crippen LogP contribution in [-0.4, -0.2) is 37.2 Å². The molecule has 0 saturated heterocycles. The SMILES string of the molecule is CCCC[N+](CC[NH])(CCCC)CCCC. The third-order valence-corrected chi connectivity index (χ3v) is 3.54. The van der Waals surface area contributed by atoms with Crippen molar-refractivity contribution in [3.63, 3.8) is 0 Å². The zero-order valence-corrected chi connectivity index (χ0v) is 11.7. The van der Waals surface area contributed by atoms with Gasteiger partial charge in [-0.1, -0.05) is 40.0 Å². The quantitative estimate of drug-likeness (QED) is 0.483. The molecule has 0 heterocycles. The highest BCUT2D eigenvalue weighted by molar-refractivity contribution is 4.49. The summed E-state index contributed by atoms with van der Waals surface area (Å²) in [7, 11) is 0. The summed E-state index contributed by atoms with van der Waals surface area (Å²) in [6.45, 7) is 12.4. The van der Waals surface area contributed by atoms with Crippen LogP contribution in [0.5, 0.6) is 0 Å². The molecule has 0 aromatic carbocycles. The van der Waals surface area contributed by atoms with Crippen molar-refractivity contribution in [3.05, 3.63) is 0 Å². The van der Waals surface area contributed by atoms with Crippen molar-refractivity contribution < 1.29 is 4.48 Å². The summed E-state index contributed by atoms with van der Waals surface area (Å²) in [6, 6.07) is 0. The fourth-order valence-electron chi connectivity index (χ4n) is 2.39. The Labute approximate surface area is 103 Å². The molecule has 0 aromatic heterocycles. The molecule has 0 rings (SSSR count). The molecule has 16 heavy (non-hydrogen) atoms. The second kappa shape index (κ2) is 10.1. The Morgan fingerprint density at radius 2 is 1.06 bits per heavy atom. The van der Waals surface area contributed by atoms with Crippen molar-refractivity contribution in [1.82, 2.24) is 5.73 Å². The van der Waals surface area contributed by atoms with Gasteiger partial charge in [0.15, 0.2) is 0 Å². The van der Waals surface area contributed by atoms with Crippen LogP contribution >= 0.6 is 0 Å². The molecule has 0 fully saturated rings. The van der Waals surface area contributed by atoms with Crippen molar-refractivity contribution in [2.45, 2.75) is 59.3 Å². The zero-order chi connectivity index (χ0) is 12.3. The Morgan fingerprint density at radius 3 is 1.31 bits per heavy atom. The fourth-order valence-corrected chi connectivity index (χ4v) is 2.39. The molecular formula is C14H32N2+. The van der Waals surface area contributed by atoms with Crippen LogP contribution in [0.25, 0.3) is 0 Å². The van der Waals surface area contributed by atoms with E-state index in [2.05, 4.69) is 20.8 Å². The summed E-state index contributed by atoms with van der Waals surface area (Å²) < 4.78 is 1.22. The van der Waals surface area contributed by atoms with Crippen molar-refractivity contribution in [3.8, 4) is 0 Å². The van der Waals surface area contributed by atoms with Gasteiger partial charge in [0.25, 0.3) is 0 Å². The third-order valence-electron chi connectivity index (χ3n) is 3.54. The van der Waals surface area contributed by atoms with Gasteiger partial charge >= 0.3 is 0 Å². The molecule has 2 heteroatoms. The number of hydrogen-bond donors (Lipinski definition) is 0. The molecule has 0 saturated carbocycles. The van der Waals surface area contributed by atoms with Crippen LogP contribution in [-0.2, 0) is 0 Å². The largest absolute Gasteiger partial charge is 0.323 e. The Kier molecular flexibility index (Phi) is 10.0. The van der Waals surface area contributed by atoms with Crippen LogP contribution in [0, 0.1) is 0 Å². The van der Waals surface area contributed by atoms with Crippen LogP contribution in [0.2, 0.25) is 0 Å². The molecule has 0 aliphatic heterocycles. The molecule has 0 aromatic rings. The van der Waals surface area contributed by atoms with Gasteiger partial charge in [-0.25, -0.2) is 0 Å². The van der Waals surface area contributed by atoms with Gasteiger partial charge in [0.05, 0.1) is 32.7 Å². The van der Waals surface area contributed by atoms with Gasteiger partial charge < -0.3 is 4.48 Å². The topological polar surface area (TPSA) is 23.8 Å². The molecule has 0 atom stereocenters. The second-order valence-corrected chi connectivity index (χ2v) is 5.05. The number of nitrogens with one attached hydrogen (secondary N) is 1. The van der Waals surface area contributed by atoms with Crippen molar-refractivity contribution >= 4 is 0 Å². The van der Waals surface area contributed by atoms with Crippen molar-refractivity contribution in [2.24, 2.45) is 0 Å². The summed E-state index contributed by atoms with van der Waals surface area (Å²) in [5.74, 6) is 0. The van der Waals surface area contributed by atoms with Crippen LogP contribution in [0.3, 0.4) is 0 Å². The van der Waals surface area contributed by atoms with E-state index >= 15 is 0 Å². The molecule has 0 aliphatic rings. The van der Waals surface area contributed by atoms with Gasteiger partial charge in [-0.3, -0.25) is 5.73 Å². The Morgan fingerprint density at radius 1 is 0.688 bits per heavy atom. The van der Waals surface area contributed by atoms with Crippen molar-refractivity contribution in [2.75, 3.05) is 32.7 Å². The minimum Gasteiger partial charge on any atom is -0.323 e. The Balaban J connectivity index is 4.32. The van der Waals surface area contributed by atoms with E-state index in [1.165, 1.54) is 62.6 Å². The number of hydrogen-bond acceptors (Lipinski definition) is 0. The summed E-state index contributed by atoms with van der Waals surface area (Å²) in [4.78, 5) is 0. The fraction of sp³-hybridized carbons (Fsp3) is 1.00. The average molecular weight is 228 g/mol. The first kappa shape index (κ1) is 15.9. The maximum Gasteiger partial charge on any atom is 0.0927 e. The lowest BCUT2D eigenvalue weighted by Crippen LogP contribution is -2.52. The molecule has 0 aliphatic carbocycles. The first-order valence-corrected chi connectivity index (χ1v) is 7.24. The molecule has 2 nitrogen and oxygen atoms in total. The molecule has 0 spiro atoms. The van der Waals surface area contributed by atoms with Crippen LogP contribution in [0.1, 0.15) is 59.3 Å². The maximum absolute atomic E-state index is 7.55. The maximum atomic E-state index is 7.55. The molecule has 0 unspecified atom stereocenters. The highest BCUT2D eigenvalue weighted by Gasteiger charge is 2.24. The lowest BCUT2D eigenvalue weighted by Gasteiger charge is -2.39.